The number of amides is 1. The van der Waals surface area contributed by atoms with Crippen LogP contribution in [0.4, 0.5) is 0 Å². The van der Waals surface area contributed by atoms with E-state index in [9.17, 15) is 9.90 Å². The van der Waals surface area contributed by atoms with Gasteiger partial charge < -0.3 is 5.11 Å². The molecule has 0 heterocycles. The molecule has 0 saturated carbocycles. The zero-order chi connectivity index (χ0) is 11.7. The Kier molecular flexibility index (Phi) is 2.50. The summed E-state index contributed by atoms with van der Waals surface area (Å²) in [6.45, 7) is 0. The van der Waals surface area contributed by atoms with Gasteiger partial charge in [-0.1, -0.05) is 24.3 Å². The van der Waals surface area contributed by atoms with E-state index in [1.54, 1.807) is 12.1 Å². The maximum absolute atomic E-state index is 11.6. The first-order valence-electron chi connectivity index (χ1n) is 4.84. The van der Waals surface area contributed by atoms with E-state index in [1.165, 1.54) is 7.05 Å². The van der Waals surface area contributed by atoms with Crippen LogP contribution in [0.1, 0.15) is 10.4 Å². The Labute approximate surface area is 92.9 Å². The number of phenols is 1. The number of fused-ring (bicyclic) bond motifs is 1. The van der Waals surface area contributed by atoms with Crippen LogP contribution >= 0.6 is 0 Å². The van der Waals surface area contributed by atoms with Crippen LogP contribution in [0.25, 0.3) is 10.8 Å². The first-order valence-corrected chi connectivity index (χ1v) is 4.84. The van der Waals surface area contributed by atoms with E-state index in [1.807, 2.05) is 24.3 Å². The van der Waals surface area contributed by atoms with Gasteiger partial charge >= 0.3 is 0 Å². The summed E-state index contributed by atoms with van der Waals surface area (Å²) in [5.41, 5.74) is 0.212. The lowest BCUT2D eigenvalue weighted by atomic mass is 10.1. The lowest BCUT2D eigenvalue weighted by Gasteiger charge is -2.11. The van der Waals surface area contributed by atoms with Crippen molar-refractivity contribution in [1.29, 1.82) is 0 Å². The minimum atomic E-state index is -0.414. The molecule has 2 aromatic rings. The summed E-state index contributed by atoms with van der Waals surface area (Å²) in [4.78, 5) is 11.6. The maximum Gasteiger partial charge on any atom is 0.271 e. The van der Waals surface area contributed by atoms with Gasteiger partial charge in [-0.3, -0.25) is 9.80 Å². The molecule has 0 aromatic heterocycles. The molecule has 2 rings (SSSR count). The van der Waals surface area contributed by atoms with Crippen molar-refractivity contribution < 1.29 is 9.90 Å². The molecular formula is C12H12N2O2. The van der Waals surface area contributed by atoms with Crippen molar-refractivity contribution in [1.82, 2.24) is 5.01 Å². The fraction of sp³-hybridized carbons (Fsp3) is 0.0833. The Hall–Kier alpha value is -2.07. The smallest absolute Gasteiger partial charge is 0.271 e. The van der Waals surface area contributed by atoms with Crippen molar-refractivity contribution >= 4 is 16.7 Å². The fourth-order valence-electron chi connectivity index (χ4n) is 1.59. The highest BCUT2D eigenvalue weighted by molar-refractivity contribution is 6.01. The second kappa shape index (κ2) is 3.83. The van der Waals surface area contributed by atoms with Crippen molar-refractivity contribution in [3.8, 4) is 5.75 Å². The second-order valence-electron chi connectivity index (χ2n) is 3.63. The molecule has 0 fully saturated rings. The molecule has 1 amide bonds. The Morgan fingerprint density at radius 2 is 1.81 bits per heavy atom. The number of aromatic hydroxyl groups is 1. The van der Waals surface area contributed by atoms with E-state index in [0.29, 0.717) is 0 Å². The van der Waals surface area contributed by atoms with Gasteiger partial charge in [0, 0.05) is 7.05 Å². The van der Waals surface area contributed by atoms with Crippen LogP contribution in [0.15, 0.2) is 36.4 Å². The van der Waals surface area contributed by atoms with Crippen molar-refractivity contribution in [3.63, 3.8) is 0 Å². The Morgan fingerprint density at radius 3 is 2.38 bits per heavy atom. The van der Waals surface area contributed by atoms with Gasteiger partial charge in [-0.05, 0) is 22.9 Å². The third kappa shape index (κ3) is 1.70. The number of carbonyl (C=O) groups is 1. The third-order valence-corrected chi connectivity index (χ3v) is 2.41. The molecule has 16 heavy (non-hydrogen) atoms. The monoisotopic (exact) mass is 216 g/mol. The van der Waals surface area contributed by atoms with Crippen LogP contribution in [-0.2, 0) is 0 Å². The molecule has 0 radical (unpaired) electrons. The zero-order valence-electron chi connectivity index (χ0n) is 8.84. The molecule has 0 unspecified atom stereocenters. The largest absolute Gasteiger partial charge is 0.507 e. The first kappa shape index (κ1) is 10.4. The number of benzene rings is 2. The predicted molar refractivity (Wildman–Crippen MR) is 61.9 cm³/mol. The summed E-state index contributed by atoms with van der Waals surface area (Å²) in [6.07, 6.45) is 0. The maximum atomic E-state index is 11.6. The Morgan fingerprint density at radius 1 is 1.25 bits per heavy atom. The van der Waals surface area contributed by atoms with Gasteiger partial charge in [-0.2, -0.15) is 0 Å². The SMILES string of the molecule is CN(N)C(=O)c1cc2ccccc2cc1O. The number of hydrogen-bond acceptors (Lipinski definition) is 3. The van der Waals surface area contributed by atoms with Crippen molar-refractivity contribution in [2.24, 2.45) is 5.84 Å². The summed E-state index contributed by atoms with van der Waals surface area (Å²) in [5, 5.41) is 12.5. The average molecular weight is 216 g/mol. The summed E-state index contributed by atoms with van der Waals surface area (Å²) >= 11 is 0. The number of carbonyl (C=O) groups excluding carboxylic acids is 1. The number of hydrogen-bond donors (Lipinski definition) is 2. The zero-order valence-corrected chi connectivity index (χ0v) is 8.84. The van der Waals surface area contributed by atoms with E-state index in [0.717, 1.165) is 15.8 Å². The number of phenolic OH excluding ortho intramolecular Hbond substituents is 1. The number of nitrogens with two attached hydrogens (primary N) is 1. The number of rotatable bonds is 1. The van der Waals surface area contributed by atoms with E-state index < -0.39 is 5.91 Å². The van der Waals surface area contributed by atoms with E-state index in [4.69, 9.17) is 5.84 Å². The molecule has 4 heteroatoms. The normalized spacial score (nSPS) is 10.4. The highest BCUT2D eigenvalue weighted by Crippen LogP contribution is 2.25. The summed E-state index contributed by atoms with van der Waals surface area (Å²) in [6, 6.07) is 10.7. The van der Waals surface area contributed by atoms with Gasteiger partial charge in [0.2, 0.25) is 0 Å². The van der Waals surface area contributed by atoms with Crippen LogP contribution in [0, 0.1) is 0 Å². The molecule has 82 valence electrons. The molecule has 2 aromatic carbocycles. The molecule has 0 aliphatic carbocycles. The molecule has 0 aliphatic rings. The molecule has 3 N–H and O–H groups in total. The van der Waals surface area contributed by atoms with Gasteiger partial charge in [-0.25, -0.2) is 5.84 Å². The van der Waals surface area contributed by atoms with Gasteiger partial charge in [0.25, 0.3) is 5.91 Å². The molecule has 0 atom stereocenters. The van der Waals surface area contributed by atoms with Crippen LogP contribution < -0.4 is 5.84 Å². The quantitative estimate of drug-likeness (QED) is 0.431. The van der Waals surface area contributed by atoms with Gasteiger partial charge in [0.15, 0.2) is 0 Å². The van der Waals surface area contributed by atoms with E-state index in [-0.39, 0.29) is 11.3 Å². The van der Waals surface area contributed by atoms with Crippen molar-refractivity contribution in [2.45, 2.75) is 0 Å². The Bertz CT molecular complexity index is 550. The second-order valence-corrected chi connectivity index (χ2v) is 3.63. The first-order chi connectivity index (χ1) is 7.59. The van der Waals surface area contributed by atoms with Crippen LogP contribution in [0.3, 0.4) is 0 Å². The van der Waals surface area contributed by atoms with E-state index >= 15 is 0 Å². The molecule has 4 nitrogen and oxygen atoms in total. The van der Waals surface area contributed by atoms with E-state index in [2.05, 4.69) is 0 Å². The summed E-state index contributed by atoms with van der Waals surface area (Å²) in [7, 11) is 1.44. The lowest BCUT2D eigenvalue weighted by molar-refractivity contribution is 0.0792. The standard InChI is InChI=1S/C12H12N2O2/c1-14(13)12(16)10-6-8-4-2-3-5-9(8)7-11(10)15/h2-7,15H,13H2,1H3. The van der Waals surface area contributed by atoms with Gasteiger partial charge in [-0.15, -0.1) is 0 Å². The number of nitrogens with zero attached hydrogens (tertiary/aromatic N) is 1. The lowest BCUT2D eigenvalue weighted by Crippen LogP contribution is -2.33. The minimum absolute atomic E-state index is 0.0546. The van der Waals surface area contributed by atoms with Gasteiger partial charge in [0.05, 0.1) is 5.56 Å². The van der Waals surface area contributed by atoms with Crippen molar-refractivity contribution in [2.75, 3.05) is 7.05 Å². The fourth-order valence-corrected chi connectivity index (χ4v) is 1.59. The highest BCUT2D eigenvalue weighted by atomic mass is 16.3. The average Bonchev–Trinajstić information content (AvgIpc) is 2.27. The summed E-state index contributed by atoms with van der Waals surface area (Å²) in [5.74, 6) is 4.89. The van der Waals surface area contributed by atoms with Crippen LogP contribution in [0.2, 0.25) is 0 Å². The van der Waals surface area contributed by atoms with Gasteiger partial charge in [0.1, 0.15) is 5.75 Å². The number of hydrazine groups is 1. The highest BCUT2D eigenvalue weighted by Gasteiger charge is 2.14. The minimum Gasteiger partial charge on any atom is -0.507 e. The van der Waals surface area contributed by atoms with Crippen LogP contribution in [0.5, 0.6) is 5.75 Å². The molecular weight excluding hydrogens is 204 g/mol. The molecule has 0 aliphatic heterocycles. The molecule has 0 bridgehead atoms. The van der Waals surface area contributed by atoms with Crippen molar-refractivity contribution in [3.05, 3.63) is 42.0 Å². The molecule has 0 spiro atoms. The topological polar surface area (TPSA) is 66.6 Å². The molecule has 0 saturated heterocycles. The predicted octanol–water partition coefficient (Wildman–Crippen LogP) is 1.49. The van der Waals surface area contributed by atoms with Crippen LogP contribution in [-0.4, -0.2) is 23.1 Å². The third-order valence-electron chi connectivity index (χ3n) is 2.41. The Balaban J connectivity index is 2.63. The summed E-state index contributed by atoms with van der Waals surface area (Å²) < 4.78 is 0.